The van der Waals surface area contributed by atoms with Gasteiger partial charge in [-0.25, -0.2) is 0 Å². The molecule has 0 saturated carbocycles. The number of phenolic OH excluding ortho intramolecular Hbond substituents is 1. The van der Waals surface area contributed by atoms with Crippen molar-refractivity contribution >= 4 is 17.4 Å². The highest BCUT2D eigenvalue weighted by Gasteiger charge is 2.58. The summed E-state index contributed by atoms with van der Waals surface area (Å²) in [5.74, 6) is -1.54. The molecule has 2 atom stereocenters. The van der Waals surface area contributed by atoms with E-state index in [1.807, 2.05) is 25.1 Å². The van der Waals surface area contributed by atoms with E-state index in [2.05, 4.69) is 5.32 Å². The summed E-state index contributed by atoms with van der Waals surface area (Å²) < 4.78 is 0. The molecule has 6 nitrogen and oxygen atoms in total. The van der Waals surface area contributed by atoms with E-state index < -0.39 is 11.6 Å². The van der Waals surface area contributed by atoms with Crippen LogP contribution in [0.3, 0.4) is 0 Å². The standard InChI is InChI=1S/C27H22N2O4/c1-15-10-11-21(30)19(14-15)23-22-24(16-6-2-3-7-17(16)25(22)31)28-12-13-29-26(32)18-8-4-5-9-20(18)27(23,29)33/h2-11,14,23,28,30,33H,12-13H2,1H3. The average Bonchev–Trinajstić information content (AvgIpc) is 3.20. The topological polar surface area (TPSA) is 89.9 Å². The number of carbonyl (C=O) groups is 2. The lowest BCUT2D eigenvalue weighted by Crippen LogP contribution is -2.52. The average molecular weight is 438 g/mol. The minimum atomic E-state index is -1.83. The molecule has 0 aromatic heterocycles. The zero-order chi connectivity index (χ0) is 22.9. The van der Waals surface area contributed by atoms with E-state index in [0.717, 1.165) is 11.1 Å². The van der Waals surface area contributed by atoms with Gasteiger partial charge in [-0.2, -0.15) is 0 Å². The molecule has 3 N–H and O–H groups in total. The molecule has 164 valence electrons. The Morgan fingerprint density at radius 3 is 2.45 bits per heavy atom. The Morgan fingerprint density at radius 1 is 0.970 bits per heavy atom. The van der Waals surface area contributed by atoms with Gasteiger partial charge in [-0.3, -0.25) is 9.59 Å². The van der Waals surface area contributed by atoms with Gasteiger partial charge >= 0.3 is 0 Å². The Bertz CT molecular complexity index is 1390. The second kappa shape index (κ2) is 6.80. The molecule has 1 aliphatic carbocycles. The van der Waals surface area contributed by atoms with E-state index in [4.69, 9.17) is 0 Å². The molecule has 3 aromatic carbocycles. The van der Waals surface area contributed by atoms with Crippen molar-refractivity contribution in [2.45, 2.75) is 18.6 Å². The van der Waals surface area contributed by atoms with Gasteiger partial charge in [0.15, 0.2) is 11.5 Å². The second-order valence-corrected chi connectivity index (χ2v) is 8.81. The monoisotopic (exact) mass is 438 g/mol. The number of amides is 1. The van der Waals surface area contributed by atoms with Crippen molar-refractivity contribution in [1.29, 1.82) is 0 Å². The first-order valence-corrected chi connectivity index (χ1v) is 11.0. The van der Waals surface area contributed by atoms with Crippen molar-refractivity contribution in [3.8, 4) is 5.75 Å². The molecule has 0 saturated heterocycles. The van der Waals surface area contributed by atoms with Gasteiger partial charge in [-0.05, 0) is 19.1 Å². The van der Waals surface area contributed by atoms with Crippen molar-refractivity contribution in [2.75, 3.05) is 13.1 Å². The lowest BCUT2D eigenvalue weighted by atomic mass is 9.76. The number of aliphatic hydroxyl groups is 1. The zero-order valence-corrected chi connectivity index (χ0v) is 18.0. The molecule has 3 aromatic rings. The molecule has 0 fully saturated rings. The lowest BCUT2D eigenvalue weighted by molar-refractivity contribution is -0.0972. The molecule has 3 aliphatic rings. The number of benzene rings is 3. The van der Waals surface area contributed by atoms with Gasteiger partial charge in [-0.15, -0.1) is 0 Å². The van der Waals surface area contributed by atoms with Crippen LogP contribution in [0.4, 0.5) is 0 Å². The van der Waals surface area contributed by atoms with Crippen LogP contribution in [0.25, 0.3) is 5.70 Å². The maximum Gasteiger partial charge on any atom is 0.256 e. The molecule has 0 spiro atoms. The largest absolute Gasteiger partial charge is 0.508 e. The van der Waals surface area contributed by atoms with Crippen molar-refractivity contribution in [2.24, 2.45) is 0 Å². The molecule has 1 amide bonds. The van der Waals surface area contributed by atoms with E-state index in [1.54, 1.807) is 48.5 Å². The molecule has 0 radical (unpaired) electrons. The van der Waals surface area contributed by atoms with Crippen LogP contribution in [0.5, 0.6) is 5.75 Å². The van der Waals surface area contributed by atoms with Gasteiger partial charge in [-0.1, -0.05) is 60.2 Å². The highest BCUT2D eigenvalue weighted by Crippen LogP contribution is 2.55. The number of phenols is 1. The highest BCUT2D eigenvalue weighted by molar-refractivity contribution is 6.21. The molecule has 6 heteroatoms. The van der Waals surface area contributed by atoms with Gasteiger partial charge in [0.1, 0.15) is 5.75 Å². The fraction of sp³-hybridized carbons (Fsp3) is 0.185. The minimum Gasteiger partial charge on any atom is -0.508 e. The number of fused-ring (bicyclic) bond motifs is 5. The van der Waals surface area contributed by atoms with E-state index in [-0.39, 0.29) is 24.0 Å². The van der Waals surface area contributed by atoms with Gasteiger partial charge in [0, 0.05) is 46.5 Å². The van der Waals surface area contributed by atoms with Gasteiger partial charge in [0.05, 0.1) is 11.6 Å². The van der Waals surface area contributed by atoms with Crippen molar-refractivity contribution in [1.82, 2.24) is 10.2 Å². The van der Waals surface area contributed by atoms with Crippen LogP contribution in [0.15, 0.2) is 72.3 Å². The van der Waals surface area contributed by atoms with Gasteiger partial charge in [0.2, 0.25) is 0 Å². The zero-order valence-electron chi connectivity index (χ0n) is 18.0. The number of hydrogen-bond acceptors (Lipinski definition) is 5. The summed E-state index contributed by atoms with van der Waals surface area (Å²) >= 11 is 0. The summed E-state index contributed by atoms with van der Waals surface area (Å²) in [5, 5.41) is 26.8. The lowest BCUT2D eigenvalue weighted by Gasteiger charge is -2.43. The minimum absolute atomic E-state index is 0.0352. The third-order valence-corrected chi connectivity index (χ3v) is 6.99. The number of carbonyl (C=O) groups excluding carboxylic acids is 2. The molecule has 2 unspecified atom stereocenters. The number of Topliss-reactive ketones (excluding diaryl/α,β-unsaturated/α-hetero) is 1. The number of aryl methyl sites for hydroxylation is 1. The van der Waals surface area contributed by atoms with Gasteiger partial charge < -0.3 is 20.4 Å². The van der Waals surface area contributed by atoms with Crippen LogP contribution < -0.4 is 5.32 Å². The van der Waals surface area contributed by atoms with Crippen LogP contribution in [0, 0.1) is 6.92 Å². The number of rotatable bonds is 1. The van der Waals surface area contributed by atoms with Crippen LogP contribution >= 0.6 is 0 Å². The fourth-order valence-electron chi connectivity index (χ4n) is 5.56. The Morgan fingerprint density at radius 2 is 1.67 bits per heavy atom. The normalized spacial score (nSPS) is 23.3. The molecule has 33 heavy (non-hydrogen) atoms. The first kappa shape index (κ1) is 19.8. The number of nitrogens with one attached hydrogen (secondary N) is 1. The van der Waals surface area contributed by atoms with E-state index in [9.17, 15) is 19.8 Å². The SMILES string of the molecule is Cc1ccc(O)c(C2C3=C(NCCN4C(=O)c5ccccc5C24O)c2ccccc2C3=O)c1. The predicted molar refractivity (Wildman–Crippen MR) is 123 cm³/mol. The molecule has 2 aliphatic heterocycles. The van der Waals surface area contributed by atoms with E-state index in [1.165, 1.54) is 4.90 Å². The Hall–Kier alpha value is -3.90. The molecular formula is C27H22N2O4. The Balaban J connectivity index is 1.71. The molecular weight excluding hydrogens is 416 g/mol. The third-order valence-electron chi connectivity index (χ3n) is 6.99. The number of nitrogens with zero attached hydrogens (tertiary/aromatic N) is 1. The van der Waals surface area contributed by atoms with Crippen LogP contribution in [0.1, 0.15) is 48.9 Å². The molecule has 2 heterocycles. The maximum atomic E-state index is 13.8. The first-order valence-electron chi connectivity index (χ1n) is 11.0. The molecule has 6 rings (SSSR count). The van der Waals surface area contributed by atoms with Gasteiger partial charge in [0.25, 0.3) is 5.91 Å². The first-order chi connectivity index (χ1) is 15.9. The summed E-state index contributed by atoms with van der Waals surface area (Å²) in [6.07, 6.45) is 0. The number of hydrogen-bond donors (Lipinski definition) is 3. The summed E-state index contributed by atoms with van der Waals surface area (Å²) in [5.41, 5.74) is 2.60. The summed E-state index contributed by atoms with van der Waals surface area (Å²) in [7, 11) is 0. The van der Waals surface area contributed by atoms with Crippen LogP contribution in [-0.4, -0.2) is 39.9 Å². The summed E-state index contributed by atoms with van der Waals surface area (Å²) in [6, 6.07) is 19.4. The van der Waals surface area contributed by atoms with Crippen LogP contribution in [0.2, 0.25) is 0 Å². The maximum absolute atomic E-state index is 13.8. The van der Waals surface area contributed by atoms with Crippen molar-refractivity contribution in [3.05, 3.63) is 106 Å². The van der Waals surface area contributed by atoms with E-state index >= 15 is 0 Å². The summed E-state index contributed by atoms with van der Waals surface area (Å²) in [6.45, 7) is 2.50. The van der Waals surface area contributed by atoms with Crippen molar-refractivity contribution in [3.63, 3.8) is 0 Å². The Labute approximate surface area is 190 Å². The molecule has 0 bridgehead atoms. The highest BCUT2D eigenvalue weighted by atomic mass is 16.3. The third kappa shape index (κ3) is 2.52. The smallest absolute Gasteiger partial charge is 0.256 e. The van der Waals surface area contributed by atoms with Crippen LogP contribution in [-0.2, 0) is 5.72 Å². The Kier molecular flexibility index (Phi) is 4.07. The fourth-order valence-corrected chi connectivity index (χ4v) is 5.56. The number of ketones is 1. The summed E-state index contributed by atoms with van der Waals surface area (Å²) in [4.78, 5) is 28.6. The quantitative estimate of drug-likeness (QED) is 0.543. The van der Waals surface area contributed by atoms with E-state index in [0.29, 0.717) is 40.1 Å². The predicted octanol–water partition coefficient (Wildman–Crippen LogP) is 3.30. The number of aromatic hydroxyl groups is 1. The van der Waals surface area contributed by atoms with Crippen molar-refractivity contribution < 1.29 is 19.8 Å². The second-order valence-electron chi connectivity index (χ2n) is 8.81.